The maximum atomic E-state index is 12.8. The molecule has 1 heterocycles. The summed E-state index contributed by atoms with van der Waals surface area (Å²) in [6.45, 7) is -0.185. The van der Waals surface area contributed by atoms with Crippen molar-refractivity contribution in [3.63, 3.8) is 0 Å². The SMILES string of the molecule is COC(=O)C1=C(C(=O)OC)N(c2cc(C(=O)Nc3ccccc3)ccc2OC)COC1. The fourth-order valence-electron chi connectivity index (χ4n) is 3.10. The monoisotopic (exact) mass is 426 g/mol. The molecule has 0 unspecified atom stereocenters. The second-order valence-corrected chi connectivity index (χ2v) is 6.42. The number of nitrogens with one attached hydrogen (secondary N) is 1. The van der Waals surface area contributed by atoms with Gasteiger partial charge in [0, 0.05) is 11.3 Å². The van der Waals surface area contributed by atoms with E-state index in [0.29, 0.717) is 22.7 Å². The number of ether oxygens (including phenoxy) is 4. The number of methoxy groups -OCH3 is 3. The number of para-hydroxylation sites is 1. The van der Waals surface area contributed by atoms with E-state index in [1.165, 1.54) is 26.2 Å². The van der Waals surface area contributed by atoms with Crippen molar-refractivity contribution in [3.8, 4) is 5.75 Å². The predicted octanol–water partition coefficient (Wildman–Crippen LogP) is 2.34. The zero-order valence-corrected chi connectivity index (χ0v) is 17.3. The molecule has 162 valence electrons. The first kappa shape index (κ1) is 21.8. The highest BCUT2D eigenvalue weighted by Gasteiger charge is 2.34. The Bertz CT molecular complexity index is 1020. The smallest absolute Gasteiger partial charge is 0.355 e. The lowest BCUT2D eigenvalue weighted by atomic mass is 10.1. The molecule has 1 N–H and O–H groups in total. The molecule has 0 spiro atoms. The number of hydrogen-bond acceptors (Lipinski definition) is 8. The highest BCUT2D eigenvalue weighted by Crippen LogP contribution is 2.35. The third kappa shape index (κ3) is 4.67. The van der Waals surface area contributed by atoms with Crippen LogP contribution in [-0.4, -0.2) is 52.5 Å². The van der Waals surface area contributed by atoms with Crippen LogP contribution in [0.4, 0.5) is 11.4 Å². The fraction of sp³-hybridized carbons (Fsp3) is 0.227. The van der Waals surface area contributed by atoms with Crippen molar-refractivity contribution in [2.45, 2.75) is 0 Å². The lowest BCUT2D eigenvalue weighted by molar-refractivity contribution is -0.140. The van der Waals surface area contributed by atoms with E-state index in [-0.39, 0.29) is 30.5 Å². The Morgan fingerprint density at radius 1 is 0.968 bits per heavy atom. The van der Waals surface area contributed by atoms with Crippen LogP contribution in [0.2, 0.25) is 0 Å². The Balaban J connectivity index is 2.05. The molecule has 0 fully saturated rings. The Morgan fingerprint density at radius 3 is 2.32 bits per heavy atom. The maximum Gasteiger partial charge on any atom is 0.355 e. The number of carbonyl (C=O) groups is 3. The standard InChI is InChI=1S/C22H22N2O7/c1-28-18-10-9-14(20(25)23-15-7-5-4-6-8-15)11-17(18)24-13-31-12-16(21(26)29-2)19(24)22(27)30-3/h4-11H,12-13H2,1-3H3,(H,23,25). The number of anilines is 2. The third-order valence-electron chi connectivity index (χ3n) is 4.60. The minimum absolute atomic E-state index is 0.00166. The van der Waals surface area contributed by atoms with Crippen molar-refractivity contribution in [1.29, 1.82) is 0 Å². The molecule has 9 heteroatoms. The van der Waals surface area contributed by atoms with Gasteiger partial charge in [0.05, 0.1) is 39.2 Å². The molecule has 3 rings (SSSR count). The first-order valence-electron chi connectivity index (χ1n) is 9.29. The summed E-state index contributed by atoms with van der Waals surface area (Å²) in [5, 5.41) is 2.80. The molecule has 0 aromatic heterocycles. The number of hydrogen-bond donors (Lipinski definition) is 1. The van der Waals surface area contributed by atoms with Crippen LogP contribution in [0.15, 0.2) is 59.8 Å². The Kier molecular flexibility index (Phi) is 6.88. The molecule has 9 nitrogen and oxygen atoms in total. The van der Waals surface area contributed by atoms with Crippen LogP contribution in [0.3, 0.4) is 0 Å². The van der Waals surface area contributed by atoms with Crippen molar-refractivity contribution >= 4 is 29.2 Å². The van der Waals surface area contributed by atoms with E-state index in [0.717, 1.165) is 0 Å². The van der Waals surface area contributed by atoms with Gasteiger partial charge in [-0.2, -0.15) is 0 Å². The molecule has 2 aromatic carbocycles. The maximum absolute atomic E-state index is 12.8. The summed E-state index contributed by atoms with van der Waals surface area (Å²) in [5.74, 6) is -1.45. The van der Waals surface area contributed by atoms with E-state index in [1.807, 2.05) is 18.2 Å². The molecule has 0 saturated carbocycles. The van der Waals surface area contributed by atoms with Crippen LogP contribution in [-0.2, 0) is 23.8 Å². The second-order valence-electron chi connectivity index (χ2n) is 6.42. The minimum Gasteiger partial charge on any atom is -0.495 e. The summed E-state index contributed by atoms with van der Waals surface area (Å²) >= 11 is 0. The van der Waals surface area contributed by atoms with Crippen LogP contribution >= 0.6 is 0 Å². The normalized spacial score (nSPS) is 13.5. The van der Waals surface area contributed by atoms with Crippen LogP contribution in [0.1, 0.15) is 10.4 Å². The van der Waals surface area contributed by atoms with Crippen LogP contribution in [0, 0.1) is 0 Å². The van der Waals surface area contributed by atoms with Crippen molar-refractivity contribution < 1.29 is 33.3 Å². The topological polar surface area (TPSA) is 103 Å². The molecule has 0 saturated heterocycles. The molecule has 0 aliphatic carbocycles. The molecule has 1 aliphatic rings. The minimum atomic E-state index is -0.745. The number of amides is 1. The number of esters is 2. The summed E-state index contributed by atoms with van der Waals surface area (Å²) in [6, 6.07) is 13.7. The van der Waals surface area contributed by atoms with E-state index >= 15 is 0 Å². The number of benzene rings is 2. The number of rotatable bonds is 6. The average Bonchev–Trinajstić information content (AvgIpc) is 2.82. The predicted molar refractivity (Wildman–Crippen MR) is 112 cm³/mol. The van der Waals surface area contributed by atoms with Crippen molar-refractivity contribution in [2.24, 2.45) is 0 Å². The van der Waals surface area contributed by atoms with Gasteiger partial charge in [-0.1, -0.05) is 18.2 Å². The zero-order chi connectivity index (χ0) is 22.4. The van der Waals surface area contributed by atoms with Gasteiger partial charge >= 0.3 is 11.9 Å². The first-order chi connectivity index (χ1) is 15.0. The average molecular weight is 426 g/mol. The van der Waals surface area contributed by atoms with Gasteiger partial charge in [-0.15, -0.1) is 0 Å². The van der Waals surface area contributed by atoms with Crippen LogP contribution < -0.4 is 15.0 Å². The van der Waals surface area contributed by atoms with Gasteiger partial charge in [0.1, 0.15) is 18.2 Å². The summed E-state index contributed by atoms with van der Waals surface area (Å²) < 4.78 is 20.6. The summed E-state index contributed by atoms with van der Waals surface area (Å²) in [6.07, 6.45) is 0. The van der Waals surface area contributed by atoms with E-state index in [1.54, 1.807) is 30.3 Å². The quantitative estimate of drug-likeness (QED) is 0.702. The summed E-state index contributed by atoms with van der Waals surface area (Å²) in [5.41, 5.74) is 1.26. The van der Waals surface area contributed by atoms with Gasteiger partial charge in [0.2, 0.25) is 0 Å². The van der Waals surface area contributed by atoms with Gasteiger partial charge in [-0.3, -0.25) is 4.79 Å². The van der Waals surface area contributed by atoms with Gasteiger partial charge in [0.15, 0.2) is 0 Å². The molecular weight excluding hydrogens is 404 g/mol. The van der Waals surface area contributed by atoms with E-state index < -0.39 is 11.9 Å². The van der Waals surface area contributed by atoms with Gasteiger partial charge < -0.3 is 29.2 Å². The Morgan fingerprint density at radius 2 is 1.68 bits per heavy atom. The lowest BCUT2D eigenvalue weighted by Gasteiger charge is -2.32. The summed E-state index contributed by atoms with van der Waals surface area (Å²) in [4.78, 5) is 38.9. The largest absolute Gasteiger partial charge is 0.495 e. The molecule has 2 aromatic rings. The number of nitrogens with zero attached hydrogens (tertiary/aromatic N) is 1. The van der Waals surface area contributed by atoms with E-state index in [4.69, 9.17) is 18.9 Å². The van der Waals surface area contributed by atoms with Gasteiger partial charge in [-0.05, 0) is 30.3 Å². The Hall–Kier alpha value is -3.85. The molecule has 0 radical (unpaired) electrons. The second kappa shape index (κ2) is 9.77. The molecule has 1 amide bonds. The lowest BCUT2D eigenvalue weighted by Crippen LogP contribution is -2.39. The van der Waals surface area contributed by atoms with Crippen LogP contribution in [0.25, 0.3) is 0 Å². The van der Waals surface area contributed by atoms with Gasteiger partial charge in [0.25, 0.3) is 5.91 Å². The first-order valence-corrected chi connectivity index (χ1v) is 9.29. The molecule has 1 aliphatic heterocycles. The van der Waals surface area contributed by atoms with Gasteiger partial charge in [-0.25, -0.2) is 9.59 Å². The highest BCUT2D eigenvalue weighted by atomic mass is 16.5. The van der Waals surface area contributed by atoms with Crippen molar-refractivity contribution in [3.05, 3.63) is 65.4 Å². The van der Waals surface area contributed by atoms with Crippen molar-refractivity contribution in [2.75, 3.05) is 44.9 Å². The number of carbonyl (C=O) groups excluding carboxylic acids is 3. The molecule has 31 heavy (non-hydrogen) atoms. The molecule has 0 atom stereocenters. The molecular formula is C22H22N2O7. The van der Waals surface area contributed by atoms with Crippen molar-refractivity contribution in [1.82, 2.24) is 0 Å². The molecule has 0 bridgehead atoms. The highest BCUT2D eigenvalue weighted by molar-refractivity contribution is 6.06. The fourth-order valence-corrected chi connectivity index (χ4v) is 3.10. The van der Waals surface area contributed by atoms with E-state index in [2.05, 4.69) is 5.32 Å². The summed E-state index contributed by atoms with van der Waals surface area (Å²) in [7, 11) is 3.87. The Labute approximate surface area is 179 Å². The van der Waals surface area contributed by atoms with Crippen LogP contribution in [0.5, 0.6) is 5.75 Å². The zero-order valence-electron chi connectivity index (χ0n) is 17.3. The third-order valence-corrected chi connectivity index (χ3v) is 4.60. The van der Waals surface area contributed by atoms with E-state index in [9.17, 15) is 14.4 Å².